The summed E-state index contributed by atoms with van der Waals surface area (Å²) in [7, 11) is 0. The summed E-state index contributed by atoms with van der Waals surface area (Å²) in [5.74, 6) is 0.285. The van der Waals surface area contributed by atoms with Crippen LogP contribution in [0.2, 0.25) is 5.02 Å². The molecule has 2 aromatic rings. The minimum atomic E-state index is -0.177. The summed E-state index contributed by atoms with van der Waals surface area (Å²) < 4.78 is 5.36. The van der Waals surface area contributed by atoms with E-state index >= 15 is 0 Å². The first-order chi connectivity index (χ1) is 10.6. The summed E-state index contributed by atoms with van der Waals surface area (Å²) in [6, 6.07) is 10.2. The zero-order chi connectivity index (χ0) is 15.7. The molecule has 0 bridgehead atoms. The summed E-state index contributed by atoms with van der Waals surface area (Å²) in [6.45, 7) is 2.29. The zero-order valence-corrected chi connectivity index (χ0v) is 12.6. The van der Waals surface area contributed by atoms with Gasteiger partial charge in [0.05, 0.1) is 6.61 Å². The molecular weight excluding hydrogens is 302 g/mol. The van der Waals surface area contributed by atoms with E-state index in [4.69, 9.17) is 16.3 Å². The fourth-order valence-electron chi connectivity index (χ4n) is 2.36. The molecule has 1 aliphatic heterocycles. The van der Waals surface area contributed by atoms with Crippen molar-refractivity contribution in [1.29, 1.82) is 0 Å². The maximum absolute atomic E-state index is 12.1. The number of hydrogen-bond acceptors (Lipinski definition) is 3. The molecule has 0 saturated heterocycles. The van der Waals surface area contributed by atoms with Crippen molar-refractivity contribution in [3.63, 3.8) is 0 Å². The lowest BCUT2D eigenvalue weighted by molar-refractivity contribution is -0.110. The number of ether oxygens (including phenoxy) is 1. The Kier molecular flexibility index (Phi) is 3.77. The monoisotopic (exact) mass is 315 g/mol. The minimum absolute atomic E-state index is 0.0725. The van der Waals surface area contributed by atoms with Crippen LogP contribution in [0.5, 0.6) is 11.5 Å². The van der Waals surface area contributed by atoms with Gasteiger partial charge in [0.15, 0.2) is 11.5 Å². The fraction of sp³-hybridized carbons (Fsp3) is 0.118. The van der Waals surface area contributed by atoms with E-state index in [1.807, 2.05) is 6.92 Å². The van der Waals surface area contributed by atoms with Gasteiger partial charge in [-0.15, -0.1) is 0 Å². The number of anilines is 1. The number of halogens is 1. The van der Waals surface area contributed by atoms with Crippen LogP contribution in [0.15, 0.2) is 36.4 Å². The number of carbonyl (C=O) groups is 1. The molecule has 0 fully saturated rings. The molecule has 0 saturated carbocycles. The molecule has 5 heteroatoms. The molecule has 0 aromatic heterocycles. The van der Waals surface area contributed by atoms with Crippen molar-refractivity contribution in [2.45, 2.75) is 6.92 Å². The zero-order valence-electron chi connectivity index (χ0n) is 11.9. The summed E-state index contributed by atoms with van der Waals surface area (Å²) >= 11 is 6.01. The average Bonchev–Trinajstić information content (AvgIpc) is 2.79. The third kappa shape index (κ3) is 2.65. The molecule has 112 valence electrons. The van der Waals surface area contributed by atoms with Crippen molar-refractivity contribution in [1.82, 2.24) is 0 Å². The highest BCUT2D eigenvalue weighted by molar-refractivity contribution is 6.36. The molecule has 3 rings (SSSR count). The van der Waals surface area contributed by atoms with Crippen LogP contribution in [0.1, 0.15) is 18.1 Å². The summed E-state index contributed by atoms with van der Waals surface area (Å²) in [4.78, 5) is 12.1. The number of carbonyl (C=O) groups excluding carboxylic acids is 1. The molecular formula is C17H14ClNO3. The number of fused-ring (bicyclic) bond motifs is 1. The number of rotatable bonds is 3. The van der Waals surface area contributed by atoms with Crippen molar-refractivity contribution in [2.24, 2.45) is 0 Å². The predicted octanol–water partition coefficient (Wildman–Crippen LogP) is 3.94. The van der Waals surface area contributed by atoms with Gasteiger partial charge in [0, 0.05) is 21.8 Å². The number of benzene rings is 2. The van der Waals surface area contributed by atoms with Gasteiger partial charge in [0.25, 0.3) is 5.91 Å². The van der Waals surface area contributed by atoms with Gasteiger partial charge in [0.1, 0.15) is 0 Å². The van der Waals surface area contributed by atoms with E-state index in [1.54, 1.807) is 42.5 Å². The van der Waals surface area contributed by atoms with Gasteiger partial charge in [-0.1, -0.05) is 17.7 Å². The Morgan fingerprint density at radius 3 is 2.86 bits per heavy atom. The number of amides is 1. The van der Waals surface area contributed by atoms with Crippen LogP contribution in [-0.2, 0) is 4.79 Å². The largest absolute Gasteiger partial charge is 0.504 e. The standard InChI is InChI=1S/C17H14ClNO3/c1-2-22-16-8-10(3-6-15(16)20)7-13-12-9-11(18)4-5-14(12)19-17(13)21/h3-9,20H,2H2,1H3,(H,19,21). The first kappa shape index (κ1) is 14.5. The molecule has 0 radical (unpaired) electrons. The second-order valence-corrected chi connectivity index (χ2v) is 5.30. The highest BCUT2D eigenvalue weighted by atomic mass is 35.5. The van der Waals surface area contributed by atoms with E-state index < -0.39 is 0 Å². The van der Waals surface area contributed by atoms with Crippen molar-refractivity contribution in [3.8, 4) is 11.5 Å². The van der Waals surface area contributed by atoms with Gasteiger partial charge in [-0.05, 0) is 48.9 Å². The Bertz CT molecular complexity index is 783. The molecule has 4 nitrogen and oxygen atoms in total. The molecule has 0 unspecified atom stereocenters. The molecule has 1 amide bonds. The quantitative estimate of drug-likeness (QED) is 0.844. The first-order valence-corrected chi connectivity index (χ1v) is 7.25. The van der Waals surface area contributed by atoms with E-state index in [0.717, 1.165) is 16.8 Å². The molecule has 2 N–H and O–H groups in total. The molecule has 0 atom stereocenters. The van der Waals surface area contributed by atoms with Crippen molar-refractivity contribution in [2.75, 3.05) is 11.9 Å². The van der Waals surface area contributed by atoms with Gasteiger partial charge < -0.3 is 15.2 Å². The Hall–Kier alpha value is -2.46. The number of nitrogens with one attached hydrogen (secondary N) is 1. The lowest BCUT2D eigenvalue weighted by atomic mass is 10.0. The highest BCUT2D eigenvalue weighted by Crippen LogP contribution is 2.36. The van der Waals surface area contributed by atoms with Crippen molar-refractivity contribution >= 4 is 34.8 Å². The Morgan fingerprint density at radius 2 is 2.09 bits per heavy atom. The molecule has 1 heterocycles. The Morgan fingerprint density at radius 1 is 1.27 bits per heavy atom. The van der Waals surface area contributed by atoms with E-state index in [2.05, 4.69) is 5.32 Å². The third-order valence-electron chi connectivity index (χ3n) is 3.36. The highest BCUT2D eigenvalue weighted by Gasteiger charge is 2.24. The van der Waals surface area contributed by atoms with Crippen LogP contribution < -0.4 is 10.1 Å². The van der Waals surface area contributed by atoms with Crippen LogP contribution in [0.25, 0.3) is 11.6 Å². The van der Waals surface area contributed by atoms with Crippen molar-refractivity contribution in [3.05, 3.63) is 52.5 Å². The van der Waals surface area contributed by atoms with Gasteiger partial charge in [-0.25, -0.2) is 0 Å². The van der Waals surface area contributed by atoms with E-state index in [1.165, 1.54) is 0 Å². The summed E-state index contributed by atoms with van der Waals surface area (Å²) in [5.41, 5.74) is 2.80. The molecule has 1 aliphatic rings. The second-order valence-electron chi connectivity index (χ2n) is 4.86. The van der Waals surface area contributed by atoms with Crippen LogP contribution in [-0.4, -0.2) is 17.6 Å². The second kappa shape index (κ2) is 5.73. The fourth-order valence-corrected chi connectivity index (χ4v) is 2.53. The third-order valence-corrected chi connectivity index (χ3v) is 3.59. The number of aromatic hydroxyl groups is 1. The van der Waals surface area contributed by atoms with Crippen LogP contribution in [0.4, 0.5) is 5.69 Å². The molecule has 0 aliphatic carbocycles. The van der Waals surface area contributed by atoms with E-state index in [9.17, 15) is 9.90 Å². The van der Waals surface area contributed by atoms with Crippen molar-refractivity contribution < 1.29 is 14.6 Å². The number of hydrogen-bond donors (Lipinski definition) is 2. The van der Waals surface area contributed by atoms with E-state index in [0.29, 0.717) is 23.0 Å². The van der Waals surface area contributed by atoms with Crippen LogP contribution in [0.3, 0.4) is 0 Å². The topological polar surface area (TPSA) is 58.6 Å². The number of phenolic OH excluding ortho intramolecular Hbond substituents is 1. The molecule has 22 heavy (non-hydrogen) atoms. The molecule has 0 spiro atoms. The summed E-state index contributed by atoms with van der Waals surface area (Å²) in [6.07, 6.45) is 1.75. The average molecular weight is 316 g/mol. The van der Waals surface area contributed by atoms with Crippen LogP contribution in [0, 0.1) is 0 Å². The first-order valence-electron chi connectivity index (χ1n) is 6.87. The summed E-state index contributed by atoms with van der Waals surface area (Å²) in [5, 5.41) is 13.1. The SMILES string of the molecule is CCOc1cc(C=C2C(=O)Nc3ccc(Cl)cc32)ccc1O. The molecule has 2 aromatic carbocycles. The predicted molar refractivity (Wildman–Crippen MR) is 87.2 cm³/mol. The van der Waals surface area contributed by atoms with Gasteiger partial charge in [-0.2, -0.15) is 0 Å². The Labute approximate surface area is 133 Å². The maximum Gasteiger partial charge on any atom is 0.256 e. The number of phenols is 1. The van der Waals surface area contributed by atoms with Gasteiger partial charge in [0.2, 0.25) is 0 Å². The van der Waals surface area contributed by atoms with E-state index in [-0.39, 0.29) is 11.7 Å². The normalized spacial score (nSPS) is 14.8. The lowest BCUT2D eigenvalue weighted by Crippen LogP contribution is -2.03. The Balaban J connectivity index is 2.04. The lowest BCUT2D eigenvalue weighted by Gasteiger charge is -2.07. The van der Waals surface area contributed by atoms with Crippen LogP contribution >= 0.6 is 11.6 Å². The maximum atomic E-state index is 12.1. The smallest absolute Gasteiger partial charge is 0.256 e. The van der Waals surface area contributed by atoms with Gasteiger partial charge >= 0.3 is 0 Å². The minimum Gasteiger partial charge on any atom is -0.504 e. The van der Waals surface area contributed by atoms with Gasteiger partial charge in [-0.3, -0.25) is 4.79 Å².